The second-order valence-corrected chi connectivity index (χ2v) is 11.9. The zero-order chi connectivity index (χ0) is 28.0. The van der Waals surface area contributed by atoms with Crippen molar-refractivity contribution in [3.8, 4) is 11.3 Å². The van der Waals surface area contributed by atoms with Gasteiger partial charge < -0.3 is 4.40 Å². The summed E-state index contributed by atoms with van der Waals surface area (Å²) in [5, 5.41) is 6.35. The quantitative estimate of drug-likeness (QED) is 0.220. The van der Waals surface area contributed by atoms with Crippen molar-refractivity contribution in [2.75, 3.05) is 0 Å². The lowest BCUT2D eigenvalue weighted by Gasteiger charge is -2.28. The summed E-state index contributed by atoms with van der Waals surface area (Å²) in [6, 6.07) is 26.8. The lowest BCUT2D eigenvalue weighted by molar-refractivity contribution is -0.210. The van der Waals surface area contributed by atoms with Crippen molar-refractivity contribution in [1.29, 1.82) is 0 Å². The zero-order valence-corrected chi connectivity index (χ0v) is 22.9. The summed E-state index contributed by atoms with van der Waals surface area (Å²) < 4.78 is 44.1. The summed E-state index contributed by atoms with van der Waals surface area (Å²) in [5.74, 6) is 0.331. The minimum atomic E-state index is -4.30. The van der Waals surface area contributed by atoms with Crippen LogP contribution in [-0.4, -0.2) is 15.6 Å². The lowest BCUT2D eigenvalue weighted by atomic mass is 9.83. The molecule has 3 aromatic heterocycles. The minimum Gasteiger partial charge on any atom is -0.306 e. The Bertz CT molecular complexity index is 2080. The Kier molecular flexibility index (Phi) is 5.25. The molecule has 2 nitrogen and oxygen atoms in total. The maximum atomic E-state index is 14.0. The van der Waals surface area contributed by atoms with Gasteiger partial charge in [0, 0.05) is 33.3 Å². The molecular weight excluding hydrogens is 505 g/mol. The van der Waals surface area contributed by atoms with E-state index in [1.165, 1.54) is 24.8 Å². The Morgan fingerprint density at radius 2 is 1.48 bits per heavy atom. The predicted molar refractivity (Wildman–Crippen MR) is 159 cm³/mol. The topological polar surface area (TPSA) is 17.3 Å². The molecule has 0 spiro atoms. The number of alkyl halides is 3. The molecule has 0 fully saturated rings. The van der Waals surface area contributed by atoms with E-state index in [1.54, 1.807) is 0 Å². The highest BCUT2D eigenvalue weighted by Crippen LogP contribution is 2.46. The van der Waals surface area contributed by atoms with Crippen LogP contribution >= 0.6 is 0 Å². The number of benzene rings is 4. The fourth-order valence-electron chi connectivity index (χ4n) is 6.40. The van der Waals surface area contributed by atoms with E-state index in [0.717, 1.165) is 54.7 Å². The van der Waals surface area contributed by atoms with Crippen LogP contribution in [0.5, 0.6) is 0 Å². The first kappa shape index (κ1) is 24.9. The maximum Gasteiger partial charge on any atom is 0.394 e. The fraction of sp³-hybridized carbons (Fsp3) is 0.229. The average molecular weight is 535 g/mol. The number of halogens is 3. The van der Waals surface area contributed by atoms with Crippen molar-refractivity contribution < 1.29 is 13.2 Å². The molecule has 40 heavy (non-hydrogen) atoms. The second-order valence-electron chi connectivity index (χ2n) is 11.9. The standard InChI is InChI=1S/C35H29F3N2/c1-20(2)28-18-23(17-21-9-5-6-10-24(21)28)31-33-26(15-16-39-31)25-14-13-22(19-34(3,4)35(36,37)38)30-27-11-7-8-12-29(27)40(33)32(25)30/h5-18,20H,19H2,1-4H3. The lowest BCUT2D eigenvalue weighted by Crippen LogP contribution is -2.34. The molecule has 7 aromatic rings. The van der Waals surface area contributed by atoms with Crippen molar-refractivity contribution in [3.05, 3.63) is 96.2 Å². The van der Waals surface area contributed by atoms with Crippen molar-refractivity contribution in [1.82, 2.24) is 9.38 Å². The SMILES string of the molecule is CC(C)c1cc(-c2nccc3c4ccc(CC(C)(C)C(F)(F)F)c5c6ccccc6n(c23)c45)cc2ccccc12. The van der Waals surface area contributed by atoms with E-state index in [0.29, 0.717) is 11.5 Å². The molecule has 0 bridgehead atoms. The third kappa shape index (κ3) is 3.46. The molecule has 0 amide bonds. The van der Waals surface area contributed by atoms with Gasteiger partial charge in [-0.15, -0.1) is 0 Å². The number of hydrogen-bond acceptors (Lipinski definition) is 1. The molecule has 200 valence electrons. The minimum absolute atomic E-state index is 0.0921. The molecule has 0 unspecified atom stereocenters. The van der Waals surface area contributed by atoms with Crippen LogP contribution in [0.1, 0.15) is 44.7 Å². The van der Waals surface area contributed by atoms with Gasteiger partial charge in [0.2, 0.25) is 0 Å². The first-order valence-corrected chi connectivity index (χ1v) is 13.7. The molecule has 7 rings (SSSR count). The number of fused-ring (bicyclic) bond motifs is 7. The van der Waals surface area contributed by atoms with Crippen LogP contribution in [0.2, 0.25) is 0 Å². The van der Waals surface area contributed by atoms with Crippen LogP contribution < -0.4 is 0 Å². The molecular formula is C35H29F3N2. The Hall–Kier alpha value is -4.12. The van der Waals surface area contributed by atoms with Gasteiger partial charge in [0.25, 0.3) is 0 Å². The van der Waals surface area contributed by atoms with Gasteiger partial charge >= 0.3 is 6.18 Å². The van der Waals surface area contributed by atoms with Gasteiger partial charge in [-0.2, -0.15) is 13.2 Å². The van der Waals surface area contributed by atoms with E-state index < -0.39 is 11.6 Å². The van der Waals surface area contributed by atoms with E-state index in [1.807, 2.05) is 42.6 Å². The number of hydrogen-bond donors (Lipinski definition) is 0. The molecule has 0 aliphatic rings. The first-order chi connectivity index (χ1) is 19.1. The van der Waals surface area contributed by atoms with E-state index in [2.05, 4.69) is 60.7 Å². The van der Waals surface area contributed by atoms with Gasteiger partial charge in [-0.1, -0.05) is 82.3 Å². The molecule has 0 aliphatic carbocycles. The first-order valence-electron chi connectivity index (χ1n) is 13.7. The smallest absolute Gasteiger partial charge is 0.306 e. The zero-order valence-electron chi connectivity index (χ0n) is 22.9. The van der Waals surface area contributed by atoms with Gasteiger partial charge in [-0.3, -0.25) is 4.98 Å². The van der Waals surface area contributed by atoms with Gasteiger partial charge in [0.05, 0.1) is 27.7 Å². The molecule has 0 N–H and O–H groups in total. The average Bonchev–Trinajstić information content (AvgIpc) is 3.44. The van der Waals surface area contributed by atoms with E-state index >= 15 is 0 Å². The van der Waals surface area contributed by atoms with Gasteiger partial charge in [0.1, 0.15) is 0 Å². The molecule has 3 heterocycles. The second kappa shape index (κ2) is 8.44. The highest BCUT2D eigenvalue weighted by atomic mass is 19.4. The molecule has 0 atom stereocenters. The summed E-state index contributed by atoms with van der Waals surface area (Å²) in [4.78, 5) is 4.93. The summed E-state index contributed by atoms with van der Waals surface area (Å²) in [5.41, 5.74) is 4.97. The van der Waals surface area contributed by atoms with Crippen LogP contribution in [0.15, 0.2) is 85.1 Å². The van der Waals surface area contributed by atoms with Crippen LogP contribution in [0.25, 0.3) is 60.1 Å². The van der Waals surface area contributed by atoms with Crippen LogP contribution in [0.4, 0.5) is 13.2 Å². The van der Waals surface area contributed by atoms with E-state index in [-0.39, 0.29) is 6.42 Å². The third-order valence-electron chi connectivity index (χ3n) is 8.53. The molecule has 0 saturated carbocycles. The van der Waals surface area contributed by atoms with Crippen molar-refractivity contribution in [3.63, 3.8) is 0 Å². The largest absolute Gasteiger partial charge is 0.394 e. The number of nitrogens with zero attached hydrogens (tertiary/aromatic N) is 2. The van der Waals surface area contributed by atoms with Crippen LogP contribution in [0, 0.1) is 5.41 Å². The predicted octanol–water partition coefficient (Wildman–Crippen LogP) is 10.3. The summed E-state index contributed by atoms with van der Waals surface area (Å²) >= 11 is 0. The summed E-state index contributed by atoms with van der Waals surface area (Å²) in [6.45, 7) is 6.98. The molecule has 5 heteroatoms. The molecule has 4 aromatic carbocycles. The Labute approximate surface area is 230 Å². The Balaban J connectivity index is 1.60. The maximum absolute atomic E-state index is 14.0. The van der Waals surface area contributed by atoms with E-state index in [9.17, 15) is 13.2 Å². The number of aromatic nitrogens is 2. The number of pyridine rings is 1. The van der Waals surface area contributed by atoms with Gasteiger partial charge in [-0.05, 0) is 58.5 Å². The van der Waals surface area contributed by atoms with Crippen molar-refractivity contribution in [2.24, 2.45) is 5.41 Å². The normalized spacial score (nSPS) is 13.2. The number of para-hydroxylation sites is 1. The Morgan fingerprint density at radius 3 is 2.23 bits per heavy atom. The fourth-order valence-corrected chi connectivity index (χ4v) is 6.40. The van der Waals surface area contributed by atoms with Crippen LogP contribution in [0.3, 0.4) is 0 Å². The van der Waals surface area contributed by atoms with Crippen LogP contribution in [-0.2, 0) is 6.42 Å². The summed E-state index contributed by atoms with van der Waals surface area (Å²) in [6.07, 6.45) is -2.55. The summed E-state index contributed by atoms with van der Waals surface area (Å²) in [7, 11) is 0. The monoisotopic (exact) mass is 534 g/mol. The van der Waals surface area contributed by atoms with Gasteiger partial charge in [-0.25, -0.2) is 0 Å². The van der Waals surface area contributed by atoms with E-state index in [4.69, 9.17) is 4.98 Å². The Morgan fingerprint density at radius 1 is 0.775 bits per heavy atom. The number of rotatable bonds is 4. The van der Waals surface area contributed by atoms with Gasteiger partial charge in [0.15, 0.2) is 0 Å². The third-order valence-corrected chi connectivity index (χ3v) is 8.53. The van der Waals surface area contributed by atoms with Crippen molar-refractivity contribution in [2.45, 2.75) is 46.2 Å². The van der Waals surface area contributed by atoms with Crippen molar-refractivity contribution >= 4 is 48.9 Å². The molecule has 0 aliphatic heterocycles. The molecule has 0 saturated heterocycles. The highest BCUT2D eigenvalue weighted by molar-refractivity contribution is 6.25. The molecule has 0 radical (unpaired) electrons. The highest BCUT2D eigenvalue weighted by Gasteiger charge is 2.47.